The van der Waals surface area contributed by atoms with Gasteiger partial charge in [-0.2, -0.15) is 0 Å². The Kier molecular flexibility index (Phi) is 8.93. The van der Waals surface area contributed by atoms with Crippen molar-refractivity contribution in [1.82, 2.24) is 10.6 Å². The molecule has 1 aliphatic heterocycles. The largest absolute Gasteiger partial charge is 0.493 e. The van der Waals surface area contributed by atoms with Gasteiger partial charge in [0.05, 0.1) is 26.0 Å². The Balaban J connectivity index is 0.00000261. The van der Waals surface area contributed by atoms with Crippen molar-refractivity contribution in [3.05, 3.63) is 53.5 Å². The number of furan rings is 1. The van der Waals surface area contributed by atoms with E-state index >= 15 is 0 Å². The van der Waals surface area contributed by atoms with E-state index in [4.69, 9.17) is 13.9 Å². The number of benzene rings is 1. The Bertz CT molecular complexity index is 713. The molecule has 1 saturated heterocycles. The van der Waals surface area contributed by atoms with Crippen LogP contribution in [0.1, 0.15) is 23.3 Å². The molecule has 6 nitrogen and oxygen atoms in total. The summed E-state index contributed by atoms with van der Waals surface area (Å²) in [6, 6.07) is 10.1. The predicted molar refractivity (Wildman–Crippen MR) is 117 cm³/mol. The molecule has 1 aromatic carbocycles. The summed E-state index contributed by atoms with van der Waals surface area (Å²) in [5.74, 6) is 2.99. The number of aliphatic imine (C=N–C) groups is 1. The number of nitrogens with one attached hydrogen (secondary N) is 2. The van der Waals surface area contributed by atoms with Gasteiger partial charge in [0, 0.05) is 31.7 Å². The molecule has 0 spiro atoms. The Labute approximate surface area is 177 Å². The van der Waals surface area contributed by atoms with Gasteiger partial charge in [0.15, 0.2) is 5.96 Å². The molecule has 148 valence electrons. The van der Waals surface area contributed by atoms with Crippen LogP contribution in [-0.2, 0) is 17.8 Å². The number of hydrogen-bond donors (Lipinski definition) is 2. The number of nitrogens with zero attached hydrogens (tertiary/aromatic N) is 1. The average molecular weight is 485 g/mol. The van der Waals surface area contributed by atoms with Crippen LogP contribution in [0.15, 0.2) is 46.0 Å². The first-order valence-corrected chi connectivity index (χ1v) is 9.01. The SMILES string of the molecule is CN=C(NCc1ccco1)NCc1ccc(C)cc1OCC1CCOC1.I. The minimum Gasteiger partial charge on any atom is -0.493 e. The molecule has 3 rings (SSSR count). The molecular formula is C20H28IN3O3. The quantitative estimate of drug-likeness (QED) is 0.357. The van der Waals surface area contributed by atoms with Gasteiger partial charge in [-0.1, -0.05) is 12.1 Å². The molecule has 1 atom stereocenters. The zero-order valence-corrected chi connectivity index (χ0v) is 18.2. The highest BCUT2D eigenvalue weighted by molar-refractivity contribution is 14.0. The Hall–Kier alpha value is -1.74. The van der Waals surface area contributed by atoms with Gasteiger partial charge in [-0.05, 0) is 37.1 Å². The standard InChI is InChI=1S/C20H27N3O3.HI/c1-15-5-6-17(19(10-15)26-14-16-7-9-24-13-16)11-22-20(21-2)23-12-18-4-3-8-25-18;/h3-6,8,10,16H,7,9,11-14H2,1-2H3,(H2,21,22,23);1H. The predicted octanol–water partition coefficient (Wildman–Crippen LogP) is 3.49. The summed E-state index contributed by atoms with van der Waals surface area (Å²) in [4.78, 5) is 4.25. The molecule has 0 radical (unpaired) electrons. The van der Waals surface area contributed by atoms with E-state index in [9.17, 15) is 0 Å². The Morgan fingerprint density at radius 2 is 2.11 bits per heavy atom. The number of halogens is 1. The Morgan fingerprint density at radius 1 is 1.26 bits per heavy atom. The van der Waals surface area contributed by atoms with E-state index in [1.54, 1.807) is 13.3 Å². The lowest BCUT2D eigenvalue weighted by molar-refractivity contribution is 0.166. The van der Waals surface area contributed by atoms with Crippen molar-refractivity contribution < 1.29 is 13.9 Å². The fourth-order valence-corrected chi connectivity index (χ4v) is 2.85. The van der Waals surface area contributed by atoms with Gasteiger partial charge in [-0.3, -0.25) is 4.99 Å². The first-order chi connectivity index (χ1) is 12.7. The third kappa shape index (κ3) is 6.73. The molecule has 0 saturated carbocycles. The van der Waals surface area contributed by atoms with Crippen molar-refractivity contribution in [2.24, 2.45) is 10.9 Å². The van der Waals surface area contributed by atoms with E-state index in [-0.39, 0.29) is 24.0 Å². The molecule has 0 aliphatic carbocycles. The highest BCUT2D eigenvalue weighted by Gasteiger charge is 2.17. The summed E-state index contributed by atoms with van der Waals surface area (Å²) in [5.41, 5.74) is 2.29. The van der Waals surface area contributed by atoms with E-state index in [1.165, 1.54) is 5.56 Å². The van der Waals surface area contributed by atoms with Crippen LogP contribution < -0.4 is 15.4 Å². The van der Waals surface area contributed by atoms with E-state index in [2.05, 4.69) is 40.7 Å². The van der Waals surface area contributed by atoms with E-state index in [1.807, 2.05) is 12.1 Å². The van der Waals surface area contributed by atoms with Crippen molar-refractivity contribution in [3.63, 3.8) is 0 Å². The Morgan fingerprint density at radius 3 is 2.81 bits per heavy atom. The van der Waals surface area contributed by atoms with E-state index in [0.717, 1.165) is 42.7 Å². The third-order valence-electron chi connectivity index (χ3n) is 4.40. The zero-order valence-electron chi connectivity index (χ0n) is 15.9. The molecule has 7 heteroatoms. The van der Waals surface area contributed by atoms with Crippen molar-refractivity contribution >= 4 is 29.9 Å². The van der Waals surface area contributed by atoms with Crippen molar-refractivity contribution in [2.45, 2.75) is 26.4 Å². The highest BCUT2D eigenvalue weighted by atomic mass is 127. The topological polar surface area (TPSA) is 68.0 Å². The number of aryl methyl sites for hydroxylation is 1. The summed E-state index contributed by atoms with van der Waals surface area (Å²) in [6.07, 6.45) is 2.74. The van der Waals surface area contributed by atoms with E-state index < -0.39 is 0 Å². The lowest BCUT2D eigenvalue weighted by Crippen LogP contribution is -2.36. The van der Waals surface area contributed by atoms with Crippen LogP contribution in [0.4, 0.5) is 0 Å². The van der Waals surface area contributed by atoms with Crippen LogP contribution in [0, 0.1) is 12.8 Å². The maximum atomic E-state index is 6.09. The normalized spacial score (nSPS) is 16.7. The molecular weight excluding hydrogens is 457 g/mol. The number of hydrogen-bond acceptors (Lipinski definition) is 4. The monoisotopic (exact) mass is 485 g/mol. The molecule has 1 aromatic heterocycles. The smallest absolute Gasteiger partial charge is 0.191 e. The number of rotatable bonds is 7. The fraction of sp³-hybridized carbons (Fsp3) is 0.450. The summed E-state index contributed by atoms with van der Waals surface area (Å²) >= 11 is 0. The van der Waals surface area contributed by atoms with E-state index in [0.29, 0.717) is 25.6 Å². The molecule has 2 aromatic rings. The van der Waals surface area contributed by atoms with Crippen molar-refractivity contribution in [2.75, 3.05) is 26.9 Å². The summed E-state index contributed by atoms with van der Waals surface area (Å²) in [6.45, 7) is 5.63. The highest BCUT2D eigenvalue weighted by Crippen LogP contribution is 2.22. The fourth-order valence-electron chi connectivity index (χ4n) is 2.85. The second kappa shape index (κ2) is 11.2. The van der Waals surface area contributed by atoms with Gasteiger partial charge in [0.25, 0.3) is 0 Å². The minimum absolute atomic E-state index is 0. The van der Waals surface area contributed by atoms with Gasteiger partial charge in [0.1, 0.15) is 11.5 Å². The molecule has 0 amide bonds. The molecule has 2 heterocycles. The second-order valence-corrected chi connectivity index (χ2v) is 6.51. The second-order valence-electron chi connectivity index (χ2n) is 6.51. The van der Waals surface area contributed by atoms with Crippen molar-refractivity contribution in [1.29, 1.82) is 0 Å². The lowest BCUT2D eigenvalue weighted by atomic mass is 10.1. The van der Waals surface area contributed by atoms with Gasteiger partial charge < -0.3 is 24.5 Å². The van der Waals surface area contributed by atoms with Gasteiger partial charge in [-0.15, -0.1) is 24.0 Å². The maximum absolute atomic E-state index is 6.09. The summed E-state index contributed by atoms with van der Waals surface area (Å²) < 4.78 is 16.8. The zero-order chi connectivity index (χ0) is 18.2. The third-order valence-corrected chi connectivity index (χ3v) is 4.40. The number of ether oxygens (including phenoxy) is 2. The minimum atomic E-state index is 0. The maximum Gasteiger partial charge on any atom is 0.191 e. The molecule has 27 heavy (non-hydrogen) atoms. The van der Waals surface area contributed by atoms with Gasteiger partial charge >= 0.3 is 0 Å². The summed E-state index contributed by atoms with van der Waals surface area (Å²) in [7, 11) is 1.75. The molecule has 1 unspecified atom stereocenters. The van der Waals surface area contributed by atoms with Gasteiger partial charge in [-0.25, -0.2) is 0 Å². The lowest BCUT2D eigenvalue weighted by Gasteiger charge is -2.16. The van der Waals surface area contributed by atoms with Crippen LogP contribution in [0.5, 0.6) is 5.75 Å². The average Bonchev–Trinajstić information content (AvgIpc) is 3.35. The summed E-state index contributed by atoms with van der Waals surface area (Å²) in [5, 5.41) is 6.57. The van der Waals surface area contributed by atoms with Crippen LogP contribution in [0.2, 0.25) is 0 Å². The van der Waals surface area contributed by atoms with Crippen LogP contribution in [0.3, 0.4) is 0 Å². The van der Waals surface area contributed by atoms with Crippen molar-refractivity contribution in [3.8, 4) is 5.75 Å². The number of guanidine groups is 1. The van der Waals surface area contributed by atoms with Gasteiger partial charge in [0.2, 0.25) is 0 Å². The molecule has 1 fully saturated rings. The van der Waals surface area contributed by atoms with Crippen LogP contribution in [-0.4, -0.2) is 32.8 Å². The molecule has 0 bridgehead atoms. The first kappa shape index (κ1) is 21.6. The van der Waals surface area contributed by atoms with Crippen LogP contribution >= 0.6 is 24.0 Å². The van der Waals surface area contributed by atoms with Crippen LogP contribution in [0.25, 0.3) is 0 Å². The molecule has 2 N–H and O–H groups in total. The molecule has 1 aliphatic rings. The first-order valence-electron chi connectivity index (χ1n) is 9.01.